The molecule has 0 amide bonds. The second kappa shape index (κ2) is 4.00. The van der Waals surface area contributed by atoms with E-state index in [1.165, 1.54) is 45.2 Å². The van der Waals surface area contributed by atoms with Gasteiger partial charge in [-0.25, -0.2) is 0 Å². The molecule has 2 fully saturated rings. The highest BCUT2D eigenvalue weighted by Gasteiger charge is 2.30. The van der Waals surface area contributed by atoms with E-state index in [-0.39, 0.29) is 0 Å². The van der Waals surface area contributed by atoms with Crippen molar-refractivity contribution in [1.29, 1.82) is 0 Å². The first-order valence-corrected chi connectivity index (χ1v) is 6.03. The maximum Gasteiger partial charge on any atom is 0.00645 e. The van der Waals surface area contributed by atoms with Gasteiger partial charge in [0.25, 0.3) is 0 Å². The highest BCUT2D eigenvalue weighted by atomic mass is 15.2. The van der Waals surface area contributed by atoms with Crippen LogP contribution in [0.25, 0.3) is 0 Å². The molecule has 13 heavy (non-hydrogen) atoms. The molecule has 2 aliphatic rings. The Morgan fingerprint density at radius 1 is 1.08 bits per heavy atom. The van der Waals surface area contributed by atoms with Crippen LogP contribution in [-0.2, 0) is 0 Å². The third kappa shape index (κ3) is 2.98. The molecule has 0 aromatic carbocycles. The molecule has 0 N–H and O–H groups in total. The van der Waals surface area contributed by atoms with Crippen LogP contribution in [0.3, 0.4) is 0 Å². The topological polar surface area (TPSA) is 3.24 Å². The van der Waals surface area contributed by atoms with Crippen molar-refractivity contribution in [3.05, 3.63) is 0 Å². The molecule has 0 saturated heterocycles. The first kappa shape index (κ1) is 9.51. The van der Waals surface area contributed by atoms with E-state index in [9.17, 15) is 0 Å². The first-order chi connectivity index (χ1) is 6.29. The summed E-state index contributed by atoms with van der Waals surface area (Å²) in [6.45, 7) is 7.50. The average molecular weight is 181 g/mol. The molecule has 76 valence electrons. The molecule has 2 rings (SSSR count). The summed E-state index contributed by atoms with van der Waals surface area (Å²) >= 11 is 0. The minimum atomic E-state index is 0.821. The van der Waals surface area contributed by atoms with E-state index in [0.29, 0.717) is 0 Å². The second-order valence-corrected chi connectivity index (χ2v) is 5.10. The van der Waals surface area contributed by atoms with E-state index in [1.807, 2.05) is 0 Å². The van der Waals surface area contributed by atoms with Gasteiger partial charge < -0.3 is 4.90 Å². The summed E-state index contributed by atoms with van der Waals surface area (Å²) in [5.41, 5.74) is 0. The molecular formula is C12H23N. The smallest absolute Gasteiger partial charge is 0.00645 e. The molecule has 0 radical (unpaired) electrons. The van der Waals surface area contributed by atoms with Crippen LogP contribution in [0.15, 0.2) is 0 Å². The van der Waals surface area contributed by atoms with Crippen molar-refractivity contribution in [2.24, 2.45) is 11.8 Å². The van der Waals surface area contributed by atoms with E-state index >= 15 is 0 Å². The Bertz CT molecular complexity index is 145. The summed E-state index contributed by atoms with van der Waals surface area (Å²) < 4.78 is 0. The fraction of sp³-hybridized carbons (Fsp3) is 1.00. The Labute approximate surface area is 82.5 Å². The lowest BCUT2D eigenvalue weighted by Crippen LogP contribution is -2.36. The van der Waals surface area contributed by atoms with Crippen LogP contribution in [0.2, 0.25) is 0 Å². The van der Waals surface area contributed by atoms with E-state index in [0.717, 1.165) is 17.9 Å². The molecule has 0 aromatic heterocycles. The van der Waals surface area contributed by atoms with Crippen LogP contribution < -0.4 is 0 Å². The molecule has 0 bridgehead atoms. The fourth-order valence-electron chi connectivity index (χ4n) is 1.96. The van der Waals surface area contributed by atoms with Gasteiger partial charge in [0.15, 0.2) is 0 Å². The maximum absolute atomic E-state index is 2.75. The van der Waals surface area contributed by atoms with Gasteiger partial charge in [0.1, 0.15) is 0 Å². The number of hydrogen-bond acceptors (Lipinski definition) is 1. The van der Waals surface area contributed by atoms with E-state index in [1.54, 1.807) is 0 Å². The Kier molecular flexibility index (Phi) is 2.92. The quantitative estimate of drug-likeness (QED) is 0.609. The van der Waals surface area contributed by atoms with Crippen molar-refractivity contribution >= 4 is 0 Å². The van der Waals surface area contributed by atoms with Crippen LogP contribution in [0, 0.1) is 11.8 Å². The molecule has 1 heteroatoms. The Morgan fingerprint density at radius 3 is 1.85 bits per heavy atom. The van der Waals surface area contributed by atoms with Gasteiger partial charge in [0, 0.05) is 19.1 Å². The Balaban J connectivity index is 1.76. The van der Waals surface area contributed by atoms with Crippen molar-refractivity contribution in [1.82, 2.24) is 4.90 Å². The molecule has 1 unspecified atom stereocenters. The lowest BCUT2D eigenvalue weighted by molar-refractivity contribution is 0.187. The van der Waals surface area contributed by atoms with Crippen LogP contribution in [0.5, 0.6) is 0 Å². The molecule has 1 nitrogen and oxygen atoms in total. The third-order valence-electron chi connectivity index (χ3n) is 3.59. The zero-order chi connectivity index (χ0) is 9.26. The lowest BCUT2D eigenvalue weighted by Gasteiger charge is -2.28. The fourth-order valence-corrected chi connectivity index (χ4v) is 1.96. The summed E-state index contributed by atoms with van der Waals surface area (Å²) in [5, 5.41) is 0. The molecule has 0 heterocycles. The maximum atomic E-state index is 2.75. The number of nitrogens with zero attached hydrogens (tertiary/aromatic N) is 1. The van der Waals surface area contributed by atoms with Gasteiger partial charge in [-0.3, -0.25) is 0 Å². The van der Waals surface area contributed by atoms with Crippen molar-refractivity contribution in [2.75, 3.05) is 13.1 Å². The Morgan fingerprint density at radius 2 is 1.54 bits per heavy atom. The highest BCUT2D eigenvalue weighted by Crippen LogP contribution is 2.34. The van der Waals surface area contributed by atoms with Gasteiger partial charge in [0.2, 0.25) is 0 Å². The van der Waals surface area contributed by atoms with Crippen molar-refractivity contribution < 1.29 is 0 Å². The zero-order valence-corrected chi connectivity index (χ0v) is 9.13. The molecule has 1 atom stereocenters. The molecule has 0 aliphatic heterocycles. The van der Waals surface area contributed by atoms with Gasteiger partial charge >= 0.3 is 0 Å². The van der Waals surface area contributed by atoms with Crippen LogP contribution in [-0.4, -0.2) is 24.0 Å². The zero-order valence-electron chi connectivity index (χ0n) is 9.13. The van der Waals surface area contributed by atoms with Crippen LogP contribution in [0.1, 0.15) is 46.0 Å². The Hall–Kier alpha value is -0.0400. The number of hydrogen-bond donors (Lipinski definition) is 0. The second-order valence-electron chi connectivity index (χ2n) is 5.10. The predicted octanol–water partition coefficient (Wildman–Crippen LogP) is 2.91. The van der Waals surface area contributed by atoms with E-state index < -0.39 is 0 Å². The van der Waals surface area contributed by atoms with Gasteiger partial charge in [-0.2, -0.15) is 0 Å². The van der Waals surface area contributed by atoms with Gasteiger partial charge in [-0.1, -0.05) is 6.92 Å². The van der Waals surface area contributed by atoms with Crippen molar-refractivity contribution in [3.63, 3.8) is 0 Å². The van der Waals surface area contributed by atoms with Crippen LogP contribution in [0.4, 0.5) is 0 Å². The molecule has 0 spiro atoms. The average Bonchev–Trinajstić information content (AvgIpc) is 2.94. The van der Waals surface area contributed by atoms with Crippen molar-refractivity contribution in [3.8, 4) is 0 Å². The molecule has 2 aliphatic carbocycles. The minimum absolute atomic E-state index is 0.821. The first-order valence-electron chi connectivity index (χ1n) is 6.03. The highest BCUT2D eigenvalue weighted by molar-refractivity contribution is 4.84. The monoisotopic (exact) mass is 181 g/mol. The van der Waals surface area contributed by atoms with Crippen molar-refractivity contribution in [2.45, 2.75) is 52.0 Å². The minimum Gasteiger partial charge on any atom is -0.300 e. The molecule has 0 aromatic rings. The third-order valence-corrected chi connectivity index (χ3v) is 3.59. The number of rotatable bonds is 6. The van der Waals surface area contributed by atoms with Crippen LogP contribution >= 0.6 is 0 Å². The molecular weight excluding hydrogens is 158 g/mol. The lowest BCUT2D eigenvalue weighted by atomic mass is 10.2. The molecule has 2 saturated carbocycles. The SMILES string of the molecule is CCC(C)N(CC1CC1)CC1CC1. The summed E-state index contributed by atoms with van der Waals surface area (Å²) in [6, 6.07) is 0.821. The summed E-state index contributed by atoms with van der Waals surface area (Å²) in [6.07, 6.45) is 7.31. The van der Waals surface area contributed by atoms with E-state index in [2.05, 4.69) is 18.7 Å². The summed E-state index contributed by atoms with van der Waals surface area (Å²) in [5.74, 6) is 2.13. The van der Waals surface area contributed by atoms with Gasteiger partial charge in [0.05, 0.1) is 0 Å². The van der Waals surface area contributed by atoms with Gasteiger partial charge in [-0.05, 0) is 50.9 Å². The normalized spacial score (nSPS) is 25.2. The predicted molar refractivity (Wildman–Crippen MR) is 56.8 cm³/mol. The largest absolute Gasteiger partial charge is 0.300 e. The van der Waals surface area contributed by atoms with E-state index in [4.69, 9.17) is 0 Å². The summed E-state index contributed by atoms with van der Waals surface area (Å²) in [7, 11) is 0. The van der Waals surface area contributed by atoms with Gasteiger partial charge in [-0.15, -0.1) is 0 Å². The standard InChI is InChI=1S/C12H23N/c1-3-10(2)13(8-11-4-5-11)9-12-6-7-12/h10-12H,3-9H2,1-2H3. The summed E-state index contributed by atoms with van der Waals surface area (Å²) in [4.78, 5) is 2.75.